The summed E-state index contributed by atoms with van der Waals surface area (Å²) in [7, 11) is 0. The molecule has 0 saturated heterocycles. The molecule has 0 saturated carbocycles. The van der Waals surface area contributed by atoms with Crippen LogP contribution in [0.5, 0.6) is 0 Å². The van der Waals surface area contributed by atoms with Gasteiger partial charge in [-0.05, 0) is 18.9 Å². The third-order valence-corrected chi connectivity index (χ3v) is 3.65. The number of benzene rings is 1. The van der Waals surface area contributed by atoms with Crippen molar-refractivity contribution in [3.8, 4) is 0 Å². The Hall–Kier alpha value is -2.63. The van der Waals surface area contributed by atoms with E-state index < -0.39 is 17.4 Å². The van der Waals surface area contributed by atoms with E-state index in [4.69, 9.17) is 0 Å². The van der Waals surface area contributed by atoms with Crippen molar-refractivity contribution >= 4 is 11.9 Å². The van der Waals surface area contributed by atoms with E-state index in [1.54, 1.807) is 17.8 Å². The maximum Gasteiger partial charge on any atom is 0.329 e. The van der Waals surface area contributed by atoms with Crippen molar-refractivity contribution in [1.82, 2.24) is 15.1 Å². The van der Waals surface area contributed by atoms with E-state index in [9.17, 15) is 14.7 Å². The van der Waals surface area contributed by atoms with Gasteiger partial charge in [0.05, 0.1) is 18.3 Å². The first-order valence-electron chi connectivity index (χ1n) is 7.07. The number of nitrogens with one attached hydrogen (secondary N) is 1. The van der Waals surface area contributed by atoms with Gasteiger partial charge in [0.15, 0.2) is 0 Å². The number of aromatic nitrogens is 2. The van der Waals surface area contributed by atoms with E-state index in [1.807, 2.05) is 30.3 Å². The smallest absolute Gasteiger partial charge is 0.329 e. The zero-order valence-corrected chi connectivity index (χ0v) is 12.6. The van der Waals surface area contributed by atoms with Gasteiger partial charge in [-0.3, -0.25) is 9.48 Å². The number of carboxylic acids is 1. The minimum atomic E-state index is -1.28. The molecule has 1 aromatic carbocycles. The van der Waals surface area contributed by atoms with Gasteiger partial charge in [-0.15, -0.1) is 0 Å². The molecule has 0 fully saturated rings. The molecule has 116 valence electrons. The third kappa shape index (κ3) is 3.52. The highest BCUT2D eigenvalue weighted by molar-refractivity contribution is 5.97. The Bertz CT molecular complexity index is 666. The maximum absolute atomic E-state index is 12.2. The molecule has 1 aromatic heterocycles. The topological polar surface area (TPSA) is 84.2 Å². The van der Waals surface area contributed by atoms with E-state index in [-0.39, 0.29) is 0 Å². The summed E-state index contributed by atoms with van der Waals surface area (Å²) < 4.78 is 1.65. The minimum absolute atomic E-state index is 0.298. The Morgan fingerprint density at radius 2 is 2.00 bits per heavy atom. The second kappa shape index (κ2) is 6.43. The van der Waals surface area contributed by atoms with Gasteiger partial charge in [-0.25, -0.2) is 4.79 Å². The van der Waals surface area contributed by atoms with Crippen molar-refractivity contribution in [1.29, 1.82) is 0 Å². The van der Waals surface area contributed by atoms with Crippen molar-refractivity contribution in [2.45, 2.75) is 32.4 Å². The summed E-state index contributed by atoms with van der Waals surface area (Å²) >= 11 is 0. The highest BCUT2D eigenvalue weighted by Gasteiger charge is 2.33. The highest BCUT2D eigenvalue weighted by Crippen LogP contribution is 2.11. The lowest BCUT2D eigenvalue weighted by molar-refractivity contribution is -0.143. The van der Waals surface area contributed by atoms with E-state index in [0.717, 1.165) is 5.56 Å². The van der Waals surface area contributed by atoms with Gasteiger partial charge >= 0.3 is 5.97 Å². The Labute approximate surface area is 128 Å². The molecular formula is C16H19N3O3. The Morgan fingerprint density at radius 3 is 2.59 bits per heavy atom. The Balaban J connectivity index is 2.08. The fraction of sp³-hybridized carbons (Fsp3) is 0.312. The average molecular weight is 301 g/mol. The van der Waals surface area contributed by atoms with Crippen LogP contribution in [0.3, 0.4) is 0 Å². The summed E-state index contributed by atoms with van der Waals surface area (Å²) in [6.07, 6.45) is 3.35. The zero-order chi connectivity index (χ0) is 16.2. The summed E-state index contributed by atoms with van der Waals surface area (Å²) in [5.74, 6) is -1.49. The second-order valence-electron chi connectivity index (χ2n) is 5.36. The molecule has 0 aliphatic rings. The summed E-state index contributed by atoms with van der Waals surface area (Å²) in [4.78, 5) is 23.4. The predicted octanol–water partition coefficient (Wildman–Crippen LogP) is 1.91. The van der Waals surface area contributed by atoms with Crippen LogP contribution in [0, 0.1) is 0 Å². The lowest BCUT2D eigenvalue weighted by Crippen LogP contribution is -2.51. The van der Waals surface area contributed by atoms with Crippen LogP contribution in [-0.4, -0.2) is 32.3 Å². The summed E-state index contributed by atoms with van der Waals surface area (Å²) in [6.45, 7) is 3.76. The first-order chi connectivity index (χ1) is 10.4. The standard InChI is InChI=1S/C16H19N3O3/c1-3-16(2,15(21)22)18-14(20)13-9-17-19(11-13)10-12-7-5-4-6-8-12/h4-9,11H,3,10H2,1-2H3,(H,18,20)(H,21,22). The van der Waals surface area contributed by atoms with E-state index in [1.165, 1.54) is 13.1 Å². The van der Waals surface area contributed by atoms with E-state index in [2.05, 4.69) is 10.4 Å². The summed E-state index contributed by atoms with van der Waals surface area (Å²) in [5.41, 5.74) is 0.136. The monoisotopic (exact) mass is 301 g/mol. The van der Waals surface area contributed by atoms with Crippen molar-refractivity contribution < 1.29 is 14.7 Å². The SMILES string of the molecule is CCC(C)(NC(=O)c1cnn(Cc2ccccc2)c1)C(=O)O. The number of hydrogen-bond donors (Lipinski definition) is 2. The zero-order valence-electron chi connectivity index (χ0n) is 12.6. The van der Waals surface area contributed by atoms with Crippen LogP contribution in [0.2, 0.25) is 0 Å². The molecule has 2 N–H and O–H groups in total. The van der Waals surface area contributed by atoms with Gasteiger partial charge in [0, 0.05) is 6.20 Å². The molecule has 0 radical (unpaired) electrons. The van der Waals surface area contributed by atoms with Crippen molar-refractivity contribution in [3.05, 3.63) is 53.9 Å². The van der Waals surface area contributed by atoms with Crippen molar-refractivity contribution in [3.63, 3.8) is 0 Å². The lowest BCUT2D eigenvalue weighted by Gasteiger charge is -2.24. The molecule has 1 unspecified atom stereocenters. The van der Waals surface area contributed by atoms with Crippen LogP contribution in [0.25, 0.3) is 0 Å². The van der Waals surface area contributed by atoms with Gasteiger partial charge in [0.2, 0.25) is 0 Å². The van der Waals surface area contributed by atoms with Crippen LogP contribution < -0.4 is 5.32 Å². The van der Waals surface area contributed by atoms with Crippen molar-refractivity contribution in [2.75, 3.05) is 0 Å². The number of carboxylic acid groups (broad SMARTS) is 1. The maximum atomic E-state index is 12.2. The molecule has 0 aliphatic carbocycles. The van der Waals surface area contributed by atoms with Gasteiger partial charge in [0.25, 0.3) is 5.91 Å². The first-order valence-corrected chi connectivity index (χ1v) is 7.07. The predicted molar refractivity (Wildman–Crippen MR) is 81.6 cm³/mol. The molecule has 2 aromatic rings. The van der Waals surface area contributed by atoms with Crippen LogP contribution in [-0.2, 0) is 11.3 Å². The van der Waals surface area contributed by atoms with Gasteiger partial charge in [0.1, 0.15) is 5.54 Å². The van der Waals surface area contributed by atoms with E-state index >= 15 is 0 Å². The molecule has 2 rings (SSSR count). The Kier molecular flexibility index (Phi) is 4.60. The largest absolute Gasteiger partial charge is 0.480 e. The number of aliphatic carboxylic acids is 1. The van der Waals surface area contributed by atoms with Crippen LogP contribution in [0.15, 0.2) is 42.7 Å². The number of amides is 1. The number of hydrogen-bond acceptors (Lipinski definition) is 3. The number of carbonyl (C=O) groups is 2. The van der Waals surface area contributed by atoms with Gasteiger partial charge in [-0.2, -0.15) is 5.10 Å². The Morgan fingerprint density at radius 1 is 1.32 bits per heavy atom. The van der Waals surface area contributed by atoms with Gasteiger partial charge in [-0.1, -0.05) is 37.3 Å². The summed E-state index contributed by atoms with van der Waals surface area (Å²) in [6, 6.07) is 9.75. The molecule has 1 heterocycles. The number of carbonyl (C=O) groups excluding carboxylic acids is 1. The number of rotatable bonds is 6. The van der Waals surface area contributed by atoms with E-state index in [0.29, 0.717) is 18.5 Å². The number of nitrogens with zero attached hydrogens (tertiary/aromatic N) is 2. The molecule has 22 heavy (non-hydrogen) atoms. The molecule has 0 spiro atoms. The fourth-order valence-electron chi connectivity index (χ4n) is 1.95. The van der Waals surface area contributed by atoms with Crippen LogP contribution in [0.4, 0.5) is 0 Å². The third-order valence-electron chi connectivity index (χ3n) is 3.65. The first kappa shape index (κ1) is 15.8. The molecular weight excluding hydrogens is 282 g/mol. The minimum Gasteiger partial charge on any atom is -0.480 e. The normalized spacial score (nSPS) is 13.4. The molecule has 0 bridgehead atoms. The molecule has 1 amide bonds. The van der Waals surface area contributed by atoms with Crippen LogP contribution >= 0.6 is 0 Å². The summed E-state index contributed by atoms with van der Waals surface area (Å²) in [5, 5.41) is 15.9. The lowest BCUT2D eigenvalue weighted by atomic mass is 9.99. The average Bonchev–Trinajstić information content (AvgIpc) is 2.96. The second-order valence-corrected chi connectivity index (χ2v) is 5.36. The van der Waals surface area contributed by atoms with Crippen molar-refractivity contribution in [2.24, 2.45) is 0 Å². The van der Waals surface area contributed by atoms with Gasteiger partial charge < -0.3 is 10.4 Å². The van der Waals surface area contributed by atoms with Crippen LogP contribution in [0.1, 0.15) is 36.2 Å². The molecule has 6 heteroatoms. The molecule has 6 nitrogen and oxygen atoms in total. The quantitative estimate of drug-likeness (QED) is 0.853. The fourth-order valence-corrected chi connectivity index (χ4v) is 1.95. The molecule has 0 aliphatic heterocycles. The highest BCUT2D eigenvalue weighted by atomic mass is 16.4. The molecule has 1 atom stereocenters.